The van der Waals surface area contributed by atoms with E-state index in [4.69, 9.17) is 0 Å². The molecule has 0 aliphatic carbocycles. The summed E-state index contributed by atoms with van der Waals surface area (Å²) in [4.78, 5) is 30.5. The van der Waals surface area contributed by atoms with Gasteiger partial charge in [0.1, 0.15) is 17.4 Å². The van der Waals surface area contributed by atoms with Gasteiger partial charge in [0.2, 0.25) is 0 Å². The molecule has 0 unspecified atom stereocenters. The molecule has 1 aromatic heterocycles. The molecule has 0 bridgehead atoms. The van der Waals surface area contributed by atoms with Crippen molar-refractivity contribution < 1.29 is 32.6 Å². The summed E-state index contributed by atoms with van der Waals surface area (Å²) in [6.45, 7) is 5.14. The lowest BCUT2D eigenvalue weighted by molar-refractivity contribution is -0.274. The number of carbonyl (C=O) groups is 2. The first-order valence-electron chi connectivity index (χ1n) is 11.1. The normalized spacial score (nSPS) is 12.1. The van der Waals surface area contributed by atoms with Crippen molar-refractivity contribution in [3.05, 3.63) is 71.9 Å². The van der Waals surface area contributed by atoms with Gasteiger partial charge in [0.05, 0.1) is 24.5 Å². The van der Waals surface area contributed by atoms with Crippen molar-refractivity contribution in [2.75, 3.05) is 23.3 Å². The molecule has 2 N–H and O–H groups in total. The predicted molar refractivity (Wildman–Crippen MR) is 130 cm³/mol. The Bertz CT molecular complexity index is 1210. The number of Topliss-reactive ketones (excluding diaryl/α,β-unsaturated/α-hetero) is 1. The van der Waals surface area contributed by atoms with Gasteiger partial charge in [-0.1, -0.05) is 24.3 Å². The van der Waals surface area contributed by atoms with Gasteiger partial charge in [0.25, 0.3) is 5.91 Å². The van der Waals surface area contributed by atoms with Crippen LogP contribution in [0, 0.1) is 6.92 Å². The maximum absolute atomic E-state index is 13.0. The van der Waals surface area contributed by atoms with Crippen LogP contribution in [0.15, 0.2) is 60.8 Å². The fourth-order valence-electron chi connectivity index (χ4n) is 3.70. The third-order valence-corrected chi connectivity index (χ3v) is 5.21. The van der Waals surface area contributed by atoms with Crippen LogP contribution >= 0.6 is 0 Å². The summed E-state index contributed by atoms with van der Waals surface area (Å²) >= 11 is 0. The van der Waals surface area contributed by atoms with E-state index in [1.54, 1.807) is 49.1 Å². The number of aliphatic hydroxyl groups is 1. The van der Waals surface area contributed by atoms with Crippen molar-refractivity contribution in [1.29, 1.82) is 0 Å². The van der Waals surface area contributed by atoms with Gasteiger partial charge in [0.15, 0.2) is 0 Å². The number of ether oxygens (including phenoxy) is 1. The second kappa shape index (κ2) is 11.2. The van der Waals surface area contributed by atoms with Gasteiger partial charge in [-0.15, -0.1) is 13.2 Å². The third-order valence-electron chi connectivity index (χ3n) is 5.21. The van der Waals surface area contributed by atoms with Crippen LogP contribution in [-0.4, -0.2) is 47.3 Å². The number of nitrogens with one attached hydrogen (secondary N) is 1. The average molecular weight is 502 g/mol. The third kappa shape index (κ3) is 7.29. The number of carbonyl (C=O) groups excluding carboxylic acids is 2. The number of hydrogen-bond donors (Lipinski definition) is 2. The minimum atomic E-state index is -4.77. The molecular weight excluding hydrogens is 475 g/mol. The number of pyridine rings is 1. The quantitative estimate of drug-likeness (QED) is 0.430. The standard InChI is InChI=1S/C26H26F3N3O4/c1-16(33)14-32(15-17(2)34)24-12-9-20(13-30-24)31-25(35)23-6-4-5-22(18(23)3)19-7-10-21(11-8-19)36-26(27,28)29/h4-13,16,33H,14-15H2,1-3H3,(H,31,35)/t16-/m0/s1. The maximum atomic E-state index is 13.0. The van der Waals surface area contributed by atoms with E-state index in [9.17, 15) is 27.9 Å². The molecule has 0 spiro atoms. The van der Waals surface area contributed by atoms with Gasteiger partial charge in [0, 0.05) is 12.1 Å². The summed E-state index contributed by atoms with van der Waals surface area (Å²) in [5, 5.41) is 12.5. The first-order valence-corrected chi connectivity index (χ1v) is 11.1. The molecule has 3 aromatic rings. The highest BCUT2D eigenvalue weighted by Gasteiger charge is 2.31. The molecule has 0 aliphatic heterocycles. The van der Waals surface area contributed by atoms with E-state index in [1.165, 1.54) is 37.4 Å². The SMILES string of the molecule is CC(=O)CN(C[C@H](C)O)c1ccc(NC(=O)c2cccc(-c3ccc(OC(F)(F)F)cc3)c2C)cn1. The molecule has 0 saturated carbocycles. The molecule has 0 fully saturated rings. The van der Waals surface area contributed by atoms with Crippen molar-refractivity contribution in [3.8, 4) is 16.9 Å². The van der Waals surface area contributed by atoms with Gasteiger partial charge in [-0.3, -0.25) is 9.59 Å². The van der Waals surface area contributed by atoms with Crippen LogP contribution in [0.1, 0.15) is 29.8 Å². The fraction of sp³-hybridized carbons (Fsp3) is 0.269. The Labute approximate surface area is 206 Å². The fourth-order valence-corrected chi connectivity index (χ4v) is 3.70. The van der Waals surface area contributed by atoms with Gasteiger partial charge >= 0.3 is 6.36 Å². The summed E-state index contributed by atoms with van der Waals surface area (Å²) in [7, 11) is 0. The number of anilines is 2. The number of nitrogens with zero attached hydrogens (tertiary/aromatic N) is 2. The topological polar surface area (TPSA) is 91.8 Å². The monoisotopic (exact) mass is 501 g/mol. The number of benzene rings is 2. The van der Waals surface area contributed by atoms with E-state index < -0.39 is 12.5 Å². The number of rotatable bonds is 9. The van der Waals surface area contributed by atoms with Crippen LogP contribution in [-0.2, 0) is 4.79 Å². The highest BCUT2D eigenvalue weighted by molar-refractivity contribution is 6.06. The molecule has 0 saturated heterocycles. The van der Waals surface area contributed by atoms with E-state index in [0.717, 1.165) is 0 Å². The minimum Gasteiger partial charge on any atom is -0.406 e. The van der Waals surface area contributed by atoms with Gasteiger partial charge in [-0.25, -0.2) is 4.98 Å². The Morgan fingerprint density at radius 1 is 1.11 bits per heavy atom. The number of aromatic nitrogens is 1. The Morgan fingerprint density at radius 2 is 1.81 bits per heavy atom. The zero-order chi connectivity index (χ0) is 26.5. The molecule has 1 heterocycles. The van der Waals surface area contributed by atoms with Crippen LogP contribution in [0.25, 0.3) is 11.1 Å². The zero-order valence-electron chi connectivity index (χ0n) is 20.0. The van der Waals surface area contributed by atoms with Crippen molar-refractivity contribution in [2.45, 2.75) is 33.2 Å². The first kappa shape index (κ1) is 26.7. The van der Waals surface area contributed by atoms with Crippen LogP contribution < -0.4 is 15.0 Å². The van der Waals surface area contributed by atoms with Crippen LogP contribution in [0.2, 0.25) is 0 Å². The first-order chi connectivity index (χ1) is 16.9. The highest BCUT2D eigenvalue weighted by atomic mass is 19.4. The molecule has 3 rings (SSSR count). The second-order valence-electron chi connectivity index (χ2n) is 8.34. The van der Waals surface area contributed by atoms with E-state index in [1.807, 2.05) is 0 Å². The summed E-state index contributed by atoms with van der Waals surface area (Å²) in [6.07, 6.45) is -3.97. The Morgan fingerprint density at radius 3 is 2.36 bits per heavy atom. The van der Waals surface area contributed by atoms with E-state index in [2.05, 4.69) is 15.0 Å². The summed E-state index contributed by atoms with van der Waals surface area (Å²) in [5.74, 6) is -0.303. The number of halogens is 3. The maximum Gasteiger partial charge on any atom is 0.573 e. The number of amides is 1. The lowest BCUT2D eigenvalue weighted by Crippen LogP contribution is -2.35. The molecule has 10 heteroatoms. The number of ketones is 1. The van der Waals surface area contributed by atoms with Crippen molar-refractivity contribution >= 4 is 23.2 Å². The Kier molecular flexibility index (Phi) is 8.31. The molecule has 7 nitrogen and oxygen atoms in total. The van der Waals surface area contributed by atoms with Crippen molar-refractivity contribution in [2.24, 2.45) is 0 Å². The zero-order valence-corrected chi connectivity index (χ0v) is 20.0. The second-order valence-corrected chi connectivity index (χ2v) is 8.34. The molecule has 36 heavy (non-hydrogen) atoms. The lowest BCUT2D eigenvalue weighted by Gasteiger charge is -2.24. The smallest absolute Gasteiger partial charge is 0.406 e. The predicted octanol–water partition coefficient (Wildman–Crippen LogP) is 4.98. The molecule has 2 aromatic carbocycles. The van der Waals surface area contributed by atoms with Crippen LogP contribution in [0.3, 0.4) is 0 Å². The molecule has 0 radical (unpaired) electrons. The van der Waals surface area contributed by atoms with Crippen molar-refractivity contribution in [1.82, 2.24) is 4.98 Å². The minimum absolute atomic E-state index is 0.0762. The molecular formula is C26H26F3N3O4. The van der Waals surface area contributed by atoms with Gasteiger partial charge < -0.3 is 20.1 Å². The highest BCUT2D eigenvalue weighted by Crippen LogP contribution is 2.30. The molecule has 1 amide bonds. The molecule has 190 valence electrons. The number of alkyl halides is 3. The summed E-state index contributed by atoms with van der Waals surface area (Å²) < 4.78 is 41.2. The van der Waals surface area contributed by atoms with Gasteiger partial charge in [-0.05, 0) is 67.8 Å². The summed E-state index contributed by atoms with van der Waals surface area (Å²) in [5.41, 5.74) is 2.79. The van der Waals surface area contributed by atoms with E-state index in [-0.39, 0.29) is 30.5 Å². The molecule has 1 atom stereocenters. The number of hydrogen-bond acceptors (Lipinski definition) is 6. The molecule has 0 aliphatic rings. The van der Waals surface area contributed by atoms with Crippen LogP contribution in [0.4, 0.5) is 24.7 Å². The van der Waals surface area contributed by atoms with E-state index >= 15 is 0 Å². The largest absolute Gasteiger partial charge is 0.573 e. The summed E-state index contributed by atoms with van der Waals surface area (Å²) in [6, 6.07) is 13.8. The van der Waals surface area contributed by atoms with Crippen LogP contribution in [0.5, 0.6) is 5.75 Å². The van der Waals surface area contributed by atoms with Crippen molar-refractivity contribution in [3.63, 3.8) is 0 Å². The Balaban J connectivity index is 1.76. The Hall–Kier alpha value is -3.92. The average Bonchev–Trinajstić information content (AvgIpc) is 2.78. The van der Waals surface area contributed by atoms with Gasteiger partial charge in [-0.2, -0.15) is 0 Å². The van der Waals surface area contributed by atoms with E-state index in [0.29, 0.717) is 33.8 Å². The lowest BCUT2D eigenvalue weighted by atomic mass is 9.96. The number of aliphatic hydroxyl groups excluding tert-OH is 1.